The minimum Gasteiger partial charge on any atom is -0.462 e. The summed E-state index contributed by atoms with van der Waals surface area (Å²) in [6.07, 6.45) is 62.1. The Morgan fingerprint density at radius 1 is 0.397 bits per heavy atom. The SMILES string of the molecule is CC\C=C/C=C\C=C/C=C\C=C\C=C/CCCCCC(=O)OCC(COC(=O)C/C=C\C/C=C\C/C=C\CC)OC(=O)CCCCC/C=C\CCCCCCCCC. The molecule has 1 atom stereocenters. The van der Waals surface area contributed by atoms with Gasteiger partial charge in [-0.15, -0.1) is 0 Å². The van der Waals surface area contributed by atoms with Gasteiger partial charge in [-0.05, 0) is 77.0 Å². The van der Waals surface area contributed by atoms with Crippen molar-refractivity contribution < 1.29 is 28.6 Å². The molecule has 0 fully saturated rings. The molecule has 6 nitrogen and oxygen atoms in total. The van der Waals surface area contributed by atoms with Crippen molar-refractivity contribution in [1.29, 1.82) is 0 Å². The lowest BCUT2D eigenvalue weighted by molar-refractivity contribution is -0.166. The van der Waals surface area contributed by atoms with Gasteiger partial charge in [-0.1, -0.05) is 194 Å². The Kier molecular flexibility index (Phi) is 42.2. The third-order valence-corrected chi connectivity index (χ3v) is 8.88. The summed E-state index contributed by atoms with van der Waals surface area (Å²) in [6.45, 7) is 6.18. The van der Waals surface area contributed by atoms with Gasteiger partial charge in [-0.25, -0.2) is 0 Å². The van der Waals surface area contributed by atoms with Crippen LogP contribution >= 0.6 is 0 Å². The number of carbonyl (C=O) groups is 3. The Bertz CT molecular complexity index is 1290. The van der Waals surface area contributed by atoms with Crippen LogP contribution in [0.3, 0.4) is 0 Å². The molecule has 0 bridgehead atoms. The summed E-state index contributed by atoms with van der Waals surface area (Å²) in [5.74, 6) is -1.14. The fourth-order valence-electron chi connectivity index (χ4n) is 5.53. The quantitative estimate of drug-likeness (QED) is 0.0203. The number of carbonyl (C=O) groups excluding carboxylic acids is 3. The summed E-state index contributed by atoms with van der Waals surface area (Å²) in [5, 5.41) is 0. The maximum Gasteiger partial charge on any atom is 0.309 e. The van der Waals surface area contributed by atoms with Crippen LogP contribution in [0.25, 0.3) is 0 Å². The molecular formula is C52H80O6. The molecule has 0 aliphatic rings. The van der Waals surface area contributed by atoms with E-state index in [9.17, 15) is 14.4 Å². The molecule has 0 saturated carbocycles. The largest absolute Gasteiger partial charge is 0.462 e. The molecule has 0 heterocycles. The molecule has 6 heteroatoms. The van der Waals surface area contributed by atoms with E-state index in [2.05, 4.69) is 69.4 Å². The van der Waals surface area contributed by atoms with Gasteiger partial charge in [0, 0.05) is 12.8 Å². The first kappa shape index (κ1) is 53.8. The highest BCUT2D eigenvalue weighted by Gasteiger charge is 2.19. The zero-order chi connectivity index (χ0) is 42.3. The lowest BCUT2D eigenvalue weighted by atomic mass is 10.1. The molecule has 0 aromatic rings. The number of rotatable bonds is 38. The summed E-state index contributed by atoms with van der Waals surface area (Å²) in [6, 6.07) is 0. The molecule has 0 N–H and O–H groups in total. The van der Waals surface area contributed by atoms with Crippen LogP contribution in [-0.2, 0) is 28.6 Å². The topological polar surface area (TPSA) is 78.9 Å². The molecule has 1 unspecified atom stereocenters. The third-order valence-electron chi connectivity index (χ3n) is 8.88. The molecule has 0 radical (unpaired) electrons. The van der Waals surface area contributed by atoms with Gasteiger partial charge >= 0.3 is 17.9 Å². The first-order valence-electron chi connectivity index (χ1n) is 22.6. The van der Waals surface area contributed by atoms with E-state index in [1.165, 1.54) is 44.9 Å². The highest BCUT2D eigenvalue weighted by Crippen LogP contribution is 2.11. The summed E-state index contributed by atoms with van der Waals surface area (Å²) < 4.78 is 16.5. The highest BCUT2D eigenvalue weighted by atomic mass is 16.6. The average Bonchev–Trinajstić information content (AvgIpc) is 3.22. The molecule has 58 heavy (non-hydrogen) atoms. The molecule has 0 aliphatic heterocycles. The average molecular weight is 801 g/mol. The fourth-order valence-corrected chi connectivity index (χ4v) is 5.53. The van der Waals surface area contributed by atoms with E-state index in [1.54, 1.807) is 6.08 Å². The second-order valence-electron chi connectivity index (χ2n) is 14.4. The zero-order valence-electron chi connectivity index (χ0n) is 36.8. The van der Waals surface area contributed by atoms with Crippen molar-refractivity contribution in [2.24, 2.45) is 0 Å². The molecule has 0 amide bonds. The first-order valence-corrected chi connectivity index (χ1v) is 22.6. The number of unbranched alkanes of at least 4 members (excludes halogenated alkanes) is 13. The second kappa shape index (κ2) is 45.5. The fraction of sp³-hybridized carbons (Fsp3) is 0.558. The van der Waals surface area contributed by atoms with E-state index in [1.807, 2.05) is 66.8 Å². The zero-order valence-corrected chi connectivity index (χ0v) is 36.8. The van der Waals surface area contributed by atoms with Crippen LogP contribution in [0.1, 0.15) is 168 Å². The Balaban J connectivity index is 4.57. The number of ether oxygens (including phenoxy) is 3. The first-order chi connectivity index (χ1) is 28.5. The number of hydrogen-bond acceptors (Lipinski definition) is 6. The molecule has 324 valence electrons. The molecule has 0 spiro atoms. The number of allylic oxidation sites excluding steroid dienone is 19. The van der Waals surface area contributed by atoms with Crippen LogP contribution in [0.5, 0.6) is 0 Å². The van der Waals surface area contributed by atoms with Gasteiger partial charge in [-0.3, -0.25) is 14.4 Å². The van der Waals surface area contributed by atoms with Crippen LogP contribution in [0.15, 0.2) is 122 Å². The molecular weight excluding hydrogens is 721 g/mol. The monoisotopic (exact) mass is 801 g/mol. The van der Waals surface area contributed by atoms with Crippen molar-refractivity contribution in [3.05, 3.63) is 122 Å². The van der Waals surface area contributed by atoms with Crippen molar-refractivity contribution in [3.63, 3.8) is 0 Å². The Hall–Kier alpha value is -4.19. The third kappa shape index (κ3) is 42.9. The summed E-state index contributed by atoms with van der Waals surface area (Å²) >= 11 is 0. The van der Waals surface area contributed by atoms with Gasteiger partial charge in [0.05, 0.1) is 6.42 Å². The van der Waals surface area contributed by atoms with E-state index in [4.69, 9.17) is 14.2 Å². The van der Waals surface area contributed by atoms with Crippen molar-refractivity contribution in [1.82, 2.24) is 0 Å². The molecule has 0 saturated heterocycles. The predicted molar refractivity (Wildman–Crippen MR) is 246 cm³/mol. The molecule has 0 aromatic carbocycles. The maximum atomic E-state index is 12.7. The van der Waals surface area contributed by atoms with Gasteiger partial charge in [0.25, 0.3) is 0 Å². The Morgan fingerprint density at radius 2 is 0.828 bits per heavy atom. The van der Waals surface area contributed by atoms with Crippen molar-refractivity contribution in [3.8, 4) is 0 Å². The van der Waals surface area contributed by atoms with Crippen LogP contribution in [0.4, 0.5) is 0 Å². The van der Waals surface area contributed by atoms with Gasteiger partial charge in [0.15, 0.2) is 6.10 Å². The summed E-state index contributed by atoms with van der Waals surface area (Å²) in [7, 11) is 0. The second-order valence-corrected chi connectivity index (χ2v) is 14.4. The lowest BCUT2D eigenvalue weighted by Crippen LogP contribution is -2.30. The Morgan fingerprint density at radius 3 is 1.40 bits per heavy atom. The van der Waals surface area contributed by atoms with E-state index >= 15 is 0 Å². The lowest BCUT2D eigenvalue weighted by Gasteiger charge is -2.18. The molecule has 0 aliphatic carbocycles. The van der Waals surface area contributed by atoms with Crippen molar-refractivity contribution in [2.75, 3.05) is 13.2 Å². The minimum absolute atomic E-state index is 0.118. The minimum atomic E-state index is -0.841. The molecule has 0 rings (SSSR count). The van der Waals surface area contributed by atoms with Gasteiger partial charge in [-0.2, -0.15) is 0 Å². The van der Waals surface area contributed by atoms with Gasteiger partial charge < -0.3 is 14.2 Å². The van der Waals surface area contributed by atoms with E-state index in [-0.39, 0.29) is 44.4 Å². The molecule has 0 aromatic heterocycles. The van der Waals surface area contributed by atoms with Crippen molar-refractivity contribution >= 4 is 17.9 Å². The van der Waals surface area contributed by atoms with E-state index in [0.717, 1.165) is 77.0 Å². The van der Waals surface area contributed by atoms with Crippen LogP contribution in [0.2, 0.25) is 0 Å². The summed E-state index contributed by atoms with van der Waals surface area (Å²) in [5.41, 5.74) is 0. The van der Waals surface area contributed by atoms with E-state index in [0.29, 0.717) is 6.42 Å². The van der Waals surface area contributed by atoms with Gasteiger partial charge in [0.2, 0.25) is 0 Å². The smallest absolute Gasteiger partial charge is 0.309 e. The van der Waals surface area contributed by atoms with Crippen LogP contribution in [-0.4, -0.2) is 37.2 Å². The predicted octanol–water partition coefficient (Wildman–Crippen LogP) is 14.6. The Labute approximate surface area is 354 Å². The van der Waals surface area contributed by atoms with Crippen LogP contribution in [0, 0.1) is 0 Å². The maximum absolute atomic E-state index is 12.7. The van der Waals surface area contributed by atoms with Gasteiger partial charge in [0.1, 0.15) is 13.2 Å². The number of esters is 3. The van der Waals surface area contributed by atoms with E-state index < -0.39 is 12.1 Å². The van der Waals surface area contributed by atoms with Crippen LogP contribution < -0.4 is 0 Å². The van der Waals surface area contributed by atoms with Crippen molar-refractivity contribution in [2.45, 2.75) is 175 Å². The highest BCUT2D eigenvalue weighted by molar-refractivity contribution is 5.72. The normalized spacial score (nSPS) is 13.2. The number of hydrogen-bond donors (Lipinski definition) is 0. The summed E-state index contributed by atoms with van der Waals surface area (Å²) in [4.78, 5) is 37.6. The standard InChI is InChI=1S/C52H80O6/c1-4-7-10-13-16-19-21-23-25-26-27-29-30-33-36-39-42-45-51(54)57-48-49(47-56-50(53)44-41-38-35-32-18-15-12-9-6-3)58-52(55)46-43-40-37-34-31-28-24-22-20-17-14-11-8-5-2/h7,9-10,12-13,16,18-19,21,23,25-32,38,41,49H,4-6,8,11,14-15,17,20,22,24,33-37,39-40,42-48H2,1-3H3/b10-7-,12-9-,16-13-,21-19-,25-23-,27-26+,30-29-,31-28-,32-18-,41-38-.